The van der Waals surface area contributed by atoms with Gasteiger partial charge in [0.05, 0.1) is 14.2 Å². The fraction of sp³-hybridized carbons (Fsp3) is 0.667. The second-order valence-corrected chi connectivity index (χ2v) is 6.57. The van der Waals surface area contributed by atoms with E-state index in [0.29, 0.717) is 11.5 Å². The molecule has 0 bridgehead atoms. The number of nitrogens with one attached hydrogen (secondary N) is 1. The molecule has 2 fully saturated rings. The number of benzene rings is 1. The summed E-state index contributed by atoms with van der Waals surface area (Å²) in [4.78, 5) is 0. The quantitative estimate of drug-likeness (QED) is 0.891. The first kappa shape index (κ1) is 14.7. The van der Waals surface area contributed by atoms with E-state index in [4.69, 9.17) is 9.47 Å². The fourth-order valence-corrected chi connectivity index (χ4v) is 4.10. The van der Waals surface area contributed by atoms with Gasteiger partial charge in [-0.15, -0.1) is 0 Å². The number of hydrogen-bond donors (Lipinski definition) is 1. The molecule has 2 saturated carbocycles. The summed E-state index contributed by atoms with van der Waals surface area (Å²) in [6.45, 7) is 0.888. The molecule has 0 aliphatic heterocycles. The third-order valence-corrected chi connectivity index (χ3v) is 5.55. The van der Waals surface area contributed by atoms with Gasteiger partial charge in [-0.25, -0.2) is 0 Å². The van der Waals surface area contributed by atoms with Gasteiger partial charge in [-0.3, -0.25) is 0 Å². The van der Waals surface area contributed by atoms with Crippen molar-refractivity contribution in [1.29, 1.82) is 0 Å². The van der Waals surface area contributed by atoms with Crippen molar-refractivity contribution in [2.45, 2.75) is 57.5 Å². The van der Waals surface area contributed by atoms with E-state index in [0.717, 1.165) is 18.0 Å². The Morgan fingerprint density at radius 1 is 1.10 bits per heavy atom. The van der Waals surface area contributed by atoms with Crippen LogP contribution in [0.5, 0.6) is 11.5 Å². The molecule has 21 heavy (non-hydrogen) atoms. The lowest BCUT2D eigenvalue weighted by Crippen LogP contribution is -2.53. The van der Waals surface area contributed by atoms with E-state index in [9.17, 15) is 0 Å². The molecule has 0 amide bonds. The van der Waals surface area contributed by atoms with Crippen LogP contribution in [0.3, 0.4) is 0 Å². The Balaban J connectivity index is 1.62. The Morgan fingerprint density at radius 3 is 2.52 bits per heavy atom. The van der Waals surface area contributed by atoms with Gasteiger partial charge >= 0.3 is 0 Å². The Kier molecular flexibility index (Phi) is 4.39. The topological polar surface area (TPSA) is 30.5 Å². The van der Waals surface area contributed by atoms with Crippen LogP contribution in [0.1, 0.15) is 50.5 Å². The van der Waals surface area contributed by atoms with Crippen molar-refractivity contribution in [2.75, 3.05) is 14.2 Å². The minimum atomic E-state index is 0.609. The first-order valence-electron chi connectivity index (χ1n) is 8.22. The molecule has 3 rings (SSSR count). The zero-order valence-electron chi connectivity index (χ0n) is 13.3. The Labute approximate surface area is 128 Å². The molecule has 0 heterocycles. The standard InChI is InChI=1S/C18H27NO2/c1-20-15-7-6-14(16(12-15)21-2)13-19-17-8-11-18(17)9-4-3-5-10-18/h6-7,12,17,19H,3-5,8-11,13H2,1-2H3. The molecule has 1 spiro atoms. The van der Waals surface area contributed by atoms with Crippen LogP contribution in [0.4, 0.5) is 0 Å². The monoisotopic (exact) mass is 289 g/mol. The molecule has 2 aliphatic rings. The molecule has 0 radical (unpaired) electrons. The second-order valence-electron chi connectivity index (χ2n) is 6.57. The lowest BCUT2D eigenvalue weighted by Gasteiger charge is -2.52. The zero-order valence-corrected chi connectivity index (χ0v) is 13.3. The smallest absolute Gasteiger partial charge is 0.127 e. The predicted molar refractivity (Wildman–Crippen MR) is 84.9 cm³/mol. The Bertz CT molecular complexity index is 480. The van der Waals surface area contributed by atoms with E-state index in [-0.39, 0.29) is 0 Å². The van der Waals surface area contributed by atoms with Crippen molar-refractivity contribution in [3.63, 3.8) is 0 Å². The van der Waals surface area contributed by atoms with Crippen LogP contribution in [-0.2, 0) is 6.54 Å². The third kappa shape index (κ3) is 2.89. The van der Waals surface area contributed by atoms with E-state index in [1.165, 1.54) is 50.5 Å². The van der Waals surface area contributed by atoms with E-state index in [1.807, 2.05) is 12.1 Å². The molecule has 1 unspecified atom stereocenters. The van der Waals surface area contributed by atoms with Gasteiger partial charge in [0.1, 0.15) is 11.5 Å². The predicted octanol–water partition coefficient (Wildman–Crippen LogP) is 3.91. The molecule has 1 aromatic rings. The summed E-state index contributed by atoms with van der Waals surface area (Å²) < 4.78 is 10.7. The highest BCUT2D eigenvalue weighted by Crippen LogP contribution is 2.51. The summed E-state index contributed by atoms with van der Waals surface area (Å²) in [6, 6.07) is 6.78. The van der Waals surface area contributed by atoms with Crippen LogP contribution >= 0.6 is 0 Å². The van der Waals surface area contributed by atoms with E-state index in [1.54, 1.807) is 14.2 Å². The van der Waals surface area contributed by atoms with E-state index in [2.05, 4.69) is 11.4 Å². The zero-order chi connectivity index (χ0) is 14.7. The molecular formula is C18H27NO2. The second kappa shape index (κ2) is 6.27. The van der Waals surface area contributed by atoms with Gasteiger partial charge < -0.3 is 14.8 Å². The van der Waals surface area contributed by atoms with Crippen LogP contribution in [0.25, 0.3) is 0 Å². The molecular weight excluding hydrogens is 262 g/mol. The van der Waals surface area contributed by atoms with E-state index >= 15 is 0 Å². The summed E-state index contributed by atoms with van der Waals surface area (Å²) in [5, 5.41) is 3.79. The van der Waals surface area contributed by atoms with Crippen molar-refractivity contribution in [3.05, 3.63) is 23.8 Å². The summed E-state index contributed by atoms with van der Waals surface area (Å²) in [5.41, 5.74) is 1.83. The SMILES string of the molecule is COc1ccc(CNC2CCC23CCCCC3)c(OC)c1. The van der Waals surface area contributed by atoms with Crippen LogP contribution in [-0.4, -0.2) is 20.3 Å². The fourth-order valence-electron chi connectivity index (χ4n) is 4.10. The van der Waals surface area contributed by atoms with Crippen molar-refractivity contribution >= 4 is 0 Å². The number of methoxy groups -OCH3 is 2. The molecule has 3 heteroatoms. The van der Waals surface area contributed by atoms with Gasteiger partial charge in [-0.2, -0.15) is 0 Å². The van der Waals surface area contributed by atoms with Gasteiger partial charge in [0.25, 0.3) is 0 Å². The van der Waals surface area contributed by atoms with Crippen molar-refractivity contribution in [1.82, 2.24) is 5.32 Å². The molecule has 0 aromatic heterocycles. The van der Waals surface area contributed by atoms with Gasteiger partial charge in [0.15, 0.2) is 0 Å². The van der Waals surface area contributed by atoms with Crippen molar-refractivity contribution in [3.8, 4) is 11.5 Å². The average Bonchev–Trinajstić information content (AvgIpc) is 2.55. The first-order chi connectivity index (χ1) is 10.3. The minimum Gasteiger partial charge on any atom is -0.497 e. The summed E-state index contributed by atoms with van der Waals surface area (Å²) in [6.07, 6.45) is 9.87. The maximum absolute atomic E-state index is 5.49. The molecule has 1 aromatic carbocycles. The van der Waals surface area contributed by atoms with Gasteiger partial charge in [0, 0.05) is 24.2 Å². The summed E-state index contributed by atoms with van der Waals surface area (Å²) >= 11 is 0. The molecule has 1 N–H and O–H groups in total. The van der Waals surface area contributed by atoms with Crippen LogP contribution in [0.2, 0.25) is 0 Å². The summed E-state index contributed by atoms with van der Waals surface area (Å²) in [5.74, 6) is 1.77. The lowest BCUT2D eigenvalue weighted by atomic mass is 9.57. The maximum atomic E-state index is 5.49. The van der Waals surface area contributed by atoms with Gasteiger partial charge in [-0.05, 0) is 37.2 Å². The van der Waals surface area contributed by atoms with Crippen molar-refractivity contribution < 1.29 is 9.47 Å². The minimum absolute atomic E-state index is 0.609. The van der Waals surface area contributed by atoms with Crippen LogP contribution in [0.15, 0.2) is 18.2 Å². The highest BCUT2D eigenvalue weighted by Gasteiger charge is 2.46. The number of ether oxygens (including phenoxy) is 2. The number of hydrogen-bond acceptors (Lipinski definition) is 3. The Morgan fingerprint density at radius 2 is 1.90 bits per heavy atom. The number of rotatable bonds is 5. The van der Waals surface area contributed by atoms with Crippen LogP contribution in [0, 0.1) is 5.41 Å². The lowest BCUT2D eigenvalue weighted by molar-refractivity contribution is 0.0220. The van der Waals surface area contributed by atoms with Crippen molar-refractivity contribution in [2.24, 2.45) is 5.41 Å². The average molecular weight is 289 g/mol. The molecule has 2 aliphatic carbocycles. The molecule has 1 atom stereocenters. The van der Waals surface area contributed by atoms with Gasteiger partial charge in [0.2, 0.25) is 0 Å². The van der Waals surface area contributed by atoms with Crippen LogP contribution < -0.4 is 14.8 Å². The highest BCUT2D eigenvalue weighted by atomic mass is 16.5. The third-order valence-electron chi connectivity index (χ3n) is 5.55. The largest absolute Gasteiger partial charge is 0.497 e. The normalized spacial score (nSPS) is 23.6. The van der Waals surface area contributed by atoms with Gasteiger partial charge in [-0.1, -0.05) is 25.3 Å². The molecule has 116 valence electrons. The molecule has 3 nitrogen and oxygen atoms in total. The highest BCUT2D eigenvalue weighted by molar-refractivity contribution is 5.40. The molecule has 0 saturated heterocycles. The first-order valence-corrected chi connectivity index (χ1v) is 8.22. The van der Waals surface area contributed by atoms with E-state index < -0.39 is 0 Å². The Hall–Kier alpha value is -1.22. The summed E-state index contributed by atoms with van der Waals surface area (Å²) in [7, 11) is 3.41. The maximum Gasteiger partial charge on any atom is 0.127 e.